The summed E-state index contributed by atoms with van der Waals surface area (Å²) in [6.45, 7) is 5.21. The highest BCUT2D eigenvalue weighted by Gasteiger charge is 2.28. The monoisotopic (exact) mass is 320 g/mol. The minimum Gasteiger partial charge on any atom is -0.450 e. The summed E-state index contributed by atoms with van der Waals surface area (Å²) in [5.74, 6) is -1.02. The number of carbonyl (C=O) groups excluding carboxylic acids is 3. The summed E-state index contributed by atoms with van der Waals surface area (Å²) in [7, 11) is 0. The lowest BCUT2D eigenvalue weighted by Crippen LogP contribution is -2.53. The van der Waals surface area contributed by atoms with E-state index in [-0.39, 0.29) is 0 Å². The highest BCUT2D eigenvalue weighted by Crippen LogP contribution is 2.08. The number of amides is 3. The van der Waals surface area contributed by atoms with Gasteiger partial charge in [0.25, 0.3) is 0 Å². The van der Waals surface area contributed by atoms with E-state index in [1.807, 2.05) is 6.92 Å². The molecule has 0 radical (unpaired) electrons. The summed E-state index contributed by atoms with van der Waals surface area (Å²) in [4.78, 5) is 42.7. The number of aryl methyl sites for hydroxylation is 1. The molecule has 1 aromatic rings. The van der Waals surface area contributed by atoms with Crippen LogP contribution in [0.15, 0.2) is 18.3 Å². The smallest absolute Gasteiger partial charge is 0.409 e. The topological polar surface area (TPSA) is 91.8 Å². The first-order valence-electron chi connectivity index (χ1n) is 7.46. The second-order valence-corrected chi connectivity index (χ2v) is 5.15. The van der Waals surface area contributed by atoms with Crippen molar-refractivity contribution in [3.63, 3.8) is 0 Å². The molecule has 124 valence electrons. The van der Waals surface area contributed by atoms with Crippen molar-refractivity contribution in [2.45, 2.75) is 13.8 Å². The van der Waals surface area contributed by atoms with Crippen molar-refractivity contribution in [3.8, 4) is 0 Å². The summed E-state index contributed by atoms with van der Waals surface area (Å²) >= 11 is 0. The molecule has 0 bridgehead atoms. The zero-order valence-corrected chi connectivity index (χ0v) is 13.2. The Kier molecular flexibility index (Phi) is 5.51. The molecule has 0 spiro atoms. The Labute approximate surface area is 134 Å². The SMILES string of the molecule is CCOC(=O)N1CCN(C(=O)C(=O)Nc2cc(C)ccn2)CC1. The van der Waals surface area contributed by atoms with Crippen LogP contribution < -0.4 is 5.32 Å². The van der Waals surface area contributed by atoms with Gasteiger partial charge in [-0.2, -0.15) is 0 Å². The van der Waals surface area contributed by atoms with Crippen LogP contribution in [-0.2, 0) is 14.3 Å². The van der Waals surface area contributed by atoms with Gasteiger partial charge in [0.2, 0.25) is 0 Å². The third kappa shape index (κ3) is 4.41. The van der Waals surface area contributed by atoms with Crippen LogP contribution in [0.5, 0.6) is 0 Å². The van der Waals surface area contributed by atoms with E-state index in [1.165, 1.54) is 9.80 Å². The molecule has 1 N–H and O–H groups in total. The maximum Gasteiger partial charge on any atom is 0.409 e. The minimum absolute atomic E-state index is 0.298. The number of pyridine rings is 1. The van der Waals surface area contributed by atoms with Crippen LogP contribution in [0.25, 0.3) is 0 Å². The van der Waals surface area contributed by atoms with E-state index in [9.17, 15) is 14.4 Å². The van der Waals surface area contributed by atoms with Crippen LogP contribution in [0.1, 0.15) is 12.5 Å². The van der Waals surface area contributed by atoms with Gasteiger partial charge in [-0.05, 0) is 31.5 Å². The number of aromatic nitrogens is 1. The van der Waals surface area contributed by atoms with Gasteiger partial charge in [0.05, 0.1) is 6.61 Å². The highest BCUT2D eigenvalue weighted by atomic mass is 16.6. The molecule has 23 heavy (non-hydrogen) atoms. The summed E-state index contributed by atoms with van der Waals surface area (Å²) < 4.78 is 4.91. The molecule has 0 unspecified atom stereocenters. The van der Waals surface area contributed by atoms with E-state index in [4.69, 9.17) is 4.74 Å². The van der Waals surface area contributed by atoms with Crippen molar-refractivity contribution in [1.82, 2.24) is 14.8 Å². The molecular weight excluding hydrogens is 300 g/mol. The predicted octanol–water partition coefficient (Wildman–Crippen LogP) is 0.629. The van der Waals surface area contributed by atoms with Gasteiger partial charge in [0, 0.05) is 32.4 Å². The van der Waals surface area contributed by atoms with E-state index < -0.39 is 17.9 Å². The second-order valence-electron chi connectivity index (χ2n) is 5.15. The van der Waals surface area contributed by atoms with Gasteiger partial charge < -0.3 is 19.9 Å². The van der Waals surface area contributed by atoms with Gasteiger partial charge in [0.15, 0.2) is 0 Å². The Balaban J connectivity index is 1.87. The van der Waals surface area contributed by atoms with Gasteiger partial charge >= 0.3 is 17.9 Å². The number of anilines is 1. The standard InChI is InChI=1S/C15H20N4O4/c1-3-23-15(22)19-8-6-18(7-9-19)14(21)13(20)17-12-10-11(2)4-5-16-12/h4-5,10H,3,6-9H2,1-2H3,(H,16,17,20). The van der Waals surface area contributed by atoms with Crippen LogP contribution >= 0.6 is 0 Å². The zero-order chi connectivity index (χ0) is 16.8. The van der Waals surface area contributed by atoms with Gasteiger partial charge in [-0.1, -0.05) is 0 Å². The predicted molar refractivity (Wildman–Crippen MR) is 82.8 cm³/mol. The van der Waals surface area contributed by atoms with Crippen molar-refractivity contribution < 1.29 is 19.1 Å². The average molecular weight is 320 g/mol. The maximum absolute atomic E-state index is 12.1. The van der Waals surface area contributed by atoms with Gasteiger partial charge in [-0.3, -0.25) is 9.59 Å². The largest absolute Gasteiger partial charge is 0.450 e. The number of carbonyl (C=O) groups is 3. The Bertz CT molecular complexity index is 597. The summed E-state index contributed by atoms with van der Waals surface area (Å²) in [6, 6.07) is 3.48. The average Bonchev–Trinajstić information content (AvgIpc) is 2.54. The molecule has 1 aliphatic heterocycles. The molecular formula is C15H20N4O4. The van der Waals surface area contributed by atoms with Crippen LogP contribution in [0.2, 0.25) is 0 Å². The molecule has 2 heterocycles. The number of nitrogens with one attached hydrogen (secondary N) is 1. The molecule has 0 saturated carbocycles. The lowest BCUT2D eigenvalue weighted by Gasteiger charge is -2.33. The van der Waals surface area contributed by atoms with Crippen molar-refractivity contribution in [1.29, 1.82) is 0 Å². The molecule has 0 aliphatic carbocycles. The van der Waals surface area contributed by atoms with Gasteiger partial charge in [0.1, 0.15) is 5.82 Å². The Morgan fingerprint density at radius 2 is 1.87 bits per heavy atom. The van der Waals surface area contributed by atoms with Crippen LogP contribution in [0.4, 0.5) is 10.6 Å². The molecule has 0 atom stereocenters. The minimum atomic E-state index is -0.729. The van der Waals surface area contributed by atoms with E-state index in [1.54, 1.807) is 25.3 Å². The van der Waals surface area contributed by atoms with Gasteiger partial charge in [-0.15, -0.1) is 0 Å². The molecule has 1 saturated heterocycles. The van der Waals surface area contributed by atoms with E-state index >= 15 is 0 Å². The molecule has 0 aromatic carbocycles. The van der Waals surface area contributed by atoms with Crippen molar-refractivity contribution in [2.75, 3.05) is 38.1 Å². The molecule has 1 aliphatic rings. The fraction of sp³-hybridized carbons (Fsp3) is 0.467. The fourth-order valence-electron chi connectivity index (χ4n) is 2.22. The van der Waals surface area contributed by atoms with Crippen molar-refractivity contribution in [2.24, 2.45) is 0 Å². The maximum atomic E-state index is 12.1. The fourth-order valence-corrected chi connectivity index (χ4v) is 2.22. The molecule has 8 heteroatoms. The number of piperazine rings is 1. The highest BCUT2D eigenvalue weighted by molar-refractivity contribution is 6.39. The quantitative estimate of drug-likeness (QED) is 0.807. The summed E-state index contributed by atoms with van der Waals surface area (Å²) in [5, 5.41) is 2.49. The van der Waals surface area contributed by atoms with Crippen LogP contribution in [0, 0.1) is 6.92 Å². The number of hydrogen-bond donors (Lipinski definition) is 1. The molecule has 8 nitrogen and oxygen atoms in total. The Hall–Kier alpha value is -2.64. The first-order chi connectivity index (χ1) is 11.0. The number of rotatable bonds is 2. The van der Waals surface area contributed by atoms with Crippen LogP contribution in [0.3, 0.4) is 0 Å². The van der Waals surface area contributed by atoms with Crippen molar-refractivity contribution >= 4 is 23.7 Å². The van der Waals surface area contributed by atoms with Crippen LogP contribution in [-0.4, -0.2) is 65.5 Å². The number of ether oxygens (including phenoxy) is 1. The van der Waals surface area contributed by atoms with E-state index in [2.05, 4.69) is 10.3 Å². The van der Waals surface area contributed by atoms with Crippen molar-refractivity contribution in [3.05, 3.63) is 23.9 Å². The number of nitrogens with zero attached hydrogens (tertiary/aromatic N) is 3. The third-order valence-electron chi connectivity index (χ3n) is 3.44. The lowest BCUT2D eigenvalue weighted by atomic mass is 10.3. The number of hydrogen-bond acceptors (Lipinski definition) is 5. The first-order valence-corrected chi connectivity index (χ1v) is 7.46. The lowest BCUT2D eigenvalue weighted by molar-refractivity contribution is -0.144. The Morgan fingerprint density at radius 1 is 1.22 bits per heavy atom. The molecule has 1 aromatic heterocycles. The first kappa shape index (κ1) is 16.7. The normalized spacial score (nSPS) is 14.3. The zero-order valence-electron chi connectivity index (χ0n) is 13.2. The Morgan fingerprint density at radius 3 is 2.48 bits per heavy atom. The second kappa shape index (κ2) is 7.57. The molecule has 3 amide bonds. The molecule has 1 fully saturated rings. The van der Waals surface area contributed by atoms with E-state index in [0.717, 1.165) is 5.56 Å². The van der Waals surface area contributed by atoms with E-state index in [0.29, 0.717) is 38.6 Å². The van der Waals surface area contributed by atoms with Gasteiger partial charge in [-0.25, -0.2) is 9.78 Å². The molecule has 2 rings (SSSR count). The summed E-state index contributed by atoms with van der Waals surface area (Å²) in [5.41, 5.74) is 0.936. The third-order valence-corrected chi connectivity index (χ3v) is 3.44. The summed E-state index contributed by atoms with van der Waals surface area (Å²) in [6.07, 6.45) is 1.17.